The summed E-state index contributed by atoms with van der Waals surface area (Å²) in [5.74, 6) is 0. The average Bonchev–Trinajstić information content (AvgIpc) is 2.43. The van der Waals surface area contributed by atoms with Crippen LogP contribution < -0.4 is 5.32 Å². The highest BCUT2D eigenvalue weighted by Gasteiger charge is 2.24. The molecule has 0 radical (unpaired) electrons. The molecule has 2 heteroatoms. The lowest BCUT2D eigenvalue weighted by Gasteiger charge is -2.36. The van der Waals surface area contributed by atoms with Crippen LogP contribution in [0.1, 0.15) is 45.2 Å². The zero-order valence-electron chi connectivity index (χ0n) is 12.3. The van der Waals surface area contributed by atoms with Gasteiger partial charge in [0.2, 0.25) is 0 Å². The maximum absolute atomic E-state index is 3.50. The molecule has 0 bridgehead atoms. The summed E-state index contributed by atoms with van der Waals surface area (Å²) in [5, 5.41) is 3.50. The highest BCUT2D eigenvalue weighted by Crippen LogP contribution is 2.23. The van der Waals surface area contributed by atoms with Crippen molar-refractivity contribution in [1.82, 2.24) is 10.2 Å². The molecular formula is C16H28N2. The van der Waals surface area contributed by atoms with Crippen LogP contribution in [-0.2, 0) is 0 Å². The molecule has 2 unspecified atom stereocenters. The summed E-state index contributed by atoms with van der Waals surface area (Å²) in [6.07, 6.45) is 2.39. The van der Waals surface area contributed by atoms with Gasteiger partial charge >= 0.3 is 0 Å². The molecule has 0 aliphatic heterocycles. The summed E-state index contributed by atoms with van der Waals surface area (Å²) < 4.78 is 0. The third-order valence-electron chi connectivity index (χ3n) is 3.66. The molecule has 1 rings (SSSR count). The number of likely N-dealkylation sites (N-methyl/N-ethyl adjacent to an activating group) is 2. The lowest BCUT2D eigenvalue weighted by Crippen LogP contribution is -2.43. The van der Waals surface area contributed by atoms with Crippen molar-refractivity contribution in [3.8, 4) is 0 Å². The van der Waals surface area contributed by atoms with Gasteiger partial charge in [-0.2, -0.15) is 0 Å². The Balaban J connectivity index is 2.89. The van der Waals surface area contributed by atoms with Gasteiger partial charge < -0.3 is 5.32 Å². The minimum Gasteiger partial charge on any atom is -0.312 e. The first kappa shape index (κ1) is 15.2. The van der Waals surface area contributed by atoms with Crippen LogP contribution in [0.5, 0.6) is 0 Å². The van der Waals surface area contributed by atoms with Gasteiger partial charge in [-0.25, -0.2) is 0 Å². The molecule has 0 aromatic heterocycles. The first-order chi connectivity index (χ1) is 8.78. The number of rotatable bonds is 8. The normalized spacial score (nSPS) is 14.7. The zero-order valence-corrected chi connectivity index (χ0v) is 12.3. The predicted molar refractivity (Wildman–Crippen MR) is 79.9 cm³/mol. The second kappa shape index (κ2) is 8.28. The third-order valence-corrected chi connectivity index (χ3v) is 3.66. The Morgan fingerprint density at radius 2 is 1.78 bits per heavy atom. The van der Waals surface area contributed by atoms with Crippen molar-refractivity contribution in [3.63, 3.8) is 0 Å². The largest absolute Gasteiger partial charge is 0.312 e. The van der Waals surface area contributed by atoms with Crippen molar-refractivity contribution in [2.45, 2.75) is 45.7 Å². The van der Waals surface area contributed by atoms with Crippen molar-refractivity contribution in [2.75, 3.05) is 20.1 Å². The second-order valence-corrected chi connectivity index (χ2v) is 4.78. The summed E-state index contributed by atoms with van der Waals surface area (Å²) in [6, 6.07) is 11.8. The van der Waals surface area contributed by atoms with Gasteiger partial charge in [-0.3, -0.25) is 4.90 Å². The molecule has 18 heavy (non-hydrogen) atoms. The van der Waals surface area contributed by atoms with E-state index < -0.39 is 0 Å². The van der Waals surface area contributed by atoms with Crippen LogP contribution in [0.3, 0.4) is 0 Å². The van der Waals surface area contributed by atoms with E-state index in [0.717, 1.165) is 6.54 Å². The molecule has 0 amide bonds. The molecule has 102 valence electrons. The fourth-order valence-corrected chi connectivity index (χ4v) is 2.79. The number of hydrogen-bond acceptors (Lipinski definition) is 2. The Labute approximate surface area is 112 Å². The molecule has 0 heterocycles. The lowest BCUT2D eigenvalue weighted by molar-refractivity contribution is 0.162. The van der Waals surface area contributed by atoms with E-state index in [1.54, 1.807) is 0 Å². The quantitative estimate of drug-likeness (QED) is 0.758. The molecule has 0 spiro atoms. The average molecular weight is 248 g/mol. The number of nitrogens with zero attached hydrogens (tertiary/aromatic N) is 1. The number of nitrogens with one attached hydrogen (secondary N) is 1. The van der Waals surface area contributed by atoms with E-state index in [4.69, 9.17) is 0 Å². The van der Waals surface area contributed by atoms with Crippen LogP contribution in [0, 0.1) is 0 Å². The van der Waals surface area contributed by atoms with Crippen molar-refractivity contribution in [1.29, 1.82) is 0 Å². The standard InChI is InChI=1S/C16H28N2/c1-5-13-18(7-3)15(6-2)16(17-4)14-11-9-8-10-12-14/h8-12,15-17H,5-7,13H2,1-4H3. The molecule has 1 aromatic rings. The molecule has 1 N–H and O–H groups in total. The first-order valence-corrected chi connectivity index (χ1v) is 7.24. The van der Waals surface area contributed by atoms with E-state index in [0.29, 0.717) is 12.1 Å². The van der Waals surface area contributed by atoms with Crippen molar-refractivity contribution in [2.24, 2.45) is 0 Å². The molecule has 0 aliphatic carbocycles. The number of hydrogen-bond donors (Lipinski definition) is 1. The van der Waals surface area contributed by atoms with Gasteiger partial charge in [-0.15, -0.1) is 0 Å². The Hall–Kier alpha value is -0.860. The molecule has 0 saturated heterocycles. The fourth-order valence-electron chi connectivity index (χ4n) is 2.79. The van der Waals surface area contributed by atoms with Gasteiger partial charge in [0.05, 0.1) is 0 Å². The van der Waals surface area contributed by atoms with Gasteiger partial charge in [0.15, 0.2) is 0 Å². The van der Waals surface area contributed by atoms with E-state index in [-0.39, 0.29) is 0 Å². The predicted octanol–water partition coefficient (Wildman–Crippen LogP) is 3.46. The SMILES string of the molecule is CCCN(CC)C(CC)C(NC)c1ccccc1. The van der Waals surface area contributed by atoms with Crippen molar-refractivity contribution < 1.29 is 0 Å². The van der Waals surface area contributed by atoms with Crippen molar-refractivity contribution in [3.05, 3.63) is 35.9 Å². The minimum atomic E-state index is 0.419. The van der Waals surface area contributed by atoms with Gasteiger partial charge in [-0.1, -0.05) is 51.1 Å². The Bertz CT molecular complexity index is 310. The Morgan fingerprint density at radius 1 is 1.11 bits per heavy atom. The molecule has 0 aliphatic rings. The van der Waals surface area contributed by atoms with Crippen LogP contribution in [0.25, 0.3) is 0 Å². The van der Waals surface area contributed by atoms with Gasteiger partial charge in [0.1, 0.15) is 0 Å². The summed E-state index contributed by atoms with van der Waals surface area (Å²) in [5.41, 5.74) is 1.39. The van der Waals surface area contributed by atoms with E-state index in [1.165, 1.54) is 24.9 Å². The lowest BCUT2D eigenvalue weighted by atomic mass is 9.96. The summed E-state index contributed by atoms with van der Waals surface area (Å²) in [7, 11) is 2.07. The fraction of sp³-hybridized carbons (Fsp3) is 0.625. The van der Waals surface area contributed by atoms with E-state index in [9.17, 15) is 0 Å². The zero-order chi connectivity index (χ0) is 13.4. The van der Waals surface area contributed by atoms with E-state index in [2.05, 4.69) is 68.4 Å². The van der Waals surface area contributed by atoms with Crippen LogP contribution in [-0.4, -0.2) is 31.1 Å². The van der Waals surface area contributed by atoms with Crippen LogP contribution in [0.4, 0.5) is 0 Å². The third kappa shape index (κ3) is 3.82. The van der Waals surface area contributed by atoms with Crippen LogP contribution in [0.15, 0.2) is 30.3 Å². The Morgan fingerprint density at radius 3 is 2.22 bits per heavy atom. The second-order valence-electron chi connectivity index (χ2n) is 4.78. The maximum atomic E-state index is 3.50. The van der Waals surface area contributed by atoms with Gasteiger partial charge in [-0.05, 0) is 38.5 Å². The summed E-state index contributed by atoms with van der Waals surface area (Å²) in [4.78, 5) is 2.59. The smallest absolute Gasteiger partial charge is 0.0475 e. The molecule has 1 aromatic carbocycles. The van der Waals surface area contributed by atoms with Gasteiger partial charge in [0, 0.05) is 12.1 Å². The van der Waals surface area contributed by atoms with Crippen LogP contribution in [0.2, 0.25) is 0 Å². The topological polar surface area (TPSA) is 15.3 Å². The molecular weight excluding hydrogens is 220 g/mol. The van der Waals surface area contributed by atoms with Crippen LogP contribution >= 0.6 is 0 Å². The summed E-state index contributed by atoms with van der Waals surface area (Å²) in [6.45, 7) is 9.11. The highest BCUT2D eigenvalue weighted by atomic mass is 15.2. The highest BCUT2D eigenvalue weighted by molar-refractivity contribution is 5.20. The molecule has 0 saturated carbocycles. The first-order valence-electron chi connectivity index (χ1n) is 7.24. The minimum absolute atomic E-state index is 0.419. The van der Waals surface area contributed by atoms with E-state index >= 15 is 0 Å². The Kier molecular flexibility index (Phi) is 6.99. The summed E-state index contributed by atoms with van der Waals surface area (Å²) >= 11 is 0. The monoisotopic (exact) mass is 248 g/mol. The maximum Gasteiger partial charge on any atom is 0.0475 e. The van der Waals surface area contributed by atoms with Gasteiger partial charge in [0.25, 0.3) is 0 Å². The molecule has 2 nitrogen and oxygen atoms in total. The molecule has 0 fully saturated rings. The molecule has 2 atom stereocenters. The van der Waals surface area contributed by atoms with E-state index in [1.807, 2.05) is 0 Å². The number of benzene rings is 1. The van der Waals surface area contributed by atoms with Crippen molar-refractivity contribution >= 4 is 0 Å².